The number of nitrogens with one attached hydrogen (secondary N) is 1. The summed E-state index contributed by atoms with van der Waals surface area (Å²) in [6, 6.07) is 15.0. The fraction of sp³-hybridized carbons (Fsp3) is 0.440. The van der Waals surface area contributed by atoms with Gasteiger partial charge in [-0.3, -0.25) is 14.5 Å². The zero-order valence-electron chi connectivity index (χ0n) is 20.6. The molecule has 2 aromatic rings. The highest BCUT2D eigenvalue weighted by Crippen LogP contribution is 2.25. The largest absolute Gasteiger partial charge is 0.379 e. The molecule has 36 heavy (non-hydrogen) atoms. The van der Waals surface area contributed by atoms with Crippen LogP contribution in [-0.2, 0) is 30.9 Å². The number of ether oxygens (including phenoxy) is 1. The molecule has 0 spiro atoms. The first kappa shape index (κ1) is 28.1. The van der Waals surface area contributed by atoms with Gasteiger partial charge in [-0.1, -0.05) is 54.1 Å². The lowest BCUT2D eigenvalue weighted by Gasteiger charge is -2.33. The Bertz CT molecular complexity index is 1110. The van der Waals surface area contributed by atoms with E-state index in [9.17, 15) is 18.0 Å². The summed E-state index contributed by atoms with van der Waals surface area (Å²) in [5, 5.41) is 3.52. The molecule has 196 valence electrons. The average Bonchev–Trinajstić information content (AvgIpc) is 2.85. The standard InChI is InChI=1S/C25H33ClN4O5S/c1-28(36(2,33)34)19-23(31)30(18-20-8-10-22(26)11-9-20)24(21-6-4-3-5-7-21)25(32)27-12-13-29-14-16-35-17-15-29/h3-11,24H,12-19H2,1-2H3,(H,27,32). The lowest BCUT2D eigenvalue weighted by molar-refractivity contribution is -0.141. The molecule has 0 bridgehead atoms. The van der Waals surface area contributed by atoms with Crippen LogP contribution >= 0.6 is 11.6 Å². The minimum absolute atomic E-state index is 0.101. The van der Waals surface area contributed by atoms with E-state index in [-0.39, 0.29) is 12.5 Å². The van der Waals surface area contributed by atoms with Crippen LogP contribution in [0.25, 0.3) is 0 Å². The van der Waals surface area contributed by atoms with Crippen LogP contribution in [0.2, 0.25) is 5.02 Å². The number of morpholine rings is 1. The second-order valence-electron chi connectivity index (χ2n) is 8.73. The highest BCUT2D eigenvalue weighted by molar-refractivity contribution is 7.88. The number of nitrogens with zero attached hydrogens (tertiary/aromatic N) is 3. The molecule has 0 aromatic heterocycles. The first-order valence-electron chi connectivity index (χ1n) is 11.7. The van der Waals surface area contributed by atoms with E-state index in [0.29, 0.717) is 36.9 Å². The van der Waals surface area contributed by atoms with Crippen molar-refractivity contribution < 1.29 is 22.7 Å². The molecule has 1 atom stereocenters. The van der Waals surface area contributed by atoms with E-state index in [1.54, 1.807) is 48.5 Å². The summed E-state index contributed by atoms with van der Waals surface area (Å²) in [5.74, 6) is -0.825. The zero-order valence-corrected chi connectivity index (χ0v) is 22.2. The van der Waals surface area contributed by atoms with Gasteiger partial charge in [0.1, 0.15) is 6.04 Å². The molecule has 2 aromatic carbocycles. The number of halogens is 1. The Morgan fingerprint density at radius 2 is 1.72 bits per heavy atom. The highest BCUT2D eigenvalue weighted by Gasteiger charge is 2.33. The third kappa shape index (κ3) is 8.28. The molecular formula is C25H33ClN4O5S. The van der Waals surface area contributed by atoms with Crippen molar-refractivity contribution in [1.29, 1.82) is 0 Å². The maximum Gasteiger partial charge on any atom is 0.247 e. The average molecular weight is 537 g/mol. The molecule has 0 radical (unpaired) electrons. The van der Waals surface area contributed by atoms with Crippen LogP contribution in [0.5, 0.6) is 0 Å². The monoisotopic (exact) mass is 536 g/mol. The van der Waals surface area contributed by atoms with Crippen LogP contribution in [0.4, 0.5) is 0 Å². The molecule has 1 fully saturated rings. The van der Waals surface area contributed by atoms with Crippen molar-refractivity contribution in [2.75, 3.05) is 59.2 Å². The van der Waals surface area contributed by atoms with Crippen LogP contribution in [-0.4, -0.2) is 93.6 Å². The van der Waals surface area contributed by atoms with Gasteiger partial charge in [0.15, 0.2) is 0 Å². The van der Waals surface area contributed by atoms with Gasteiger partial charge < -0.3 is 15.0 Å². The SMILES string of the molecule is CN(CC(=O)N(Cc1ccc(Cl)cc1)C(C(=O)NCCN1CCOCC1)c1ccccc1)S(C)(=O)=O. The van der Waals surface area contributed by atoms with Gasteiger partial charge in [0, 0.05) is 44.8 Å². The number of carbonyl (C=O) groups excluding carboxylic acids is 2. The Kier molecular flexibility index (Phi) is 10.3. The molecule has 3 rings (SSSR count). The van der Waals surface area contributed by atoms with E-state index in [1.807, 2.05) is 6.07 Å². The van der Waals surface area contributed by atoms with E-state index < -0.39 is 28.5 Å². The van der Waals surface area contributed by atoms with Gasteiger partial charge in [-0.15, -0.1) is 0 Å². The Labute approximate surface area is 218 Å². The van der Waals surface area contributed by atoms with Gasteiger partial charge in [-0.2, -0.15) is 4.31 Å². The topological polar surface area (TPSA) is 99.3 Å². The number of sulfonamides is 1. The fourth-order valence-corrected chi connectivity index (χ4v) is 4.35. The van der Waals surface area contributed by atoms with Crippen molar-refractivity contribution in [3.05, 3.63) is 70.7 Å². The number of amides is 2. The van der Waals surface area contributed by atoms with E-state index in [0.717, 1.165) is 29.2 Å². The van der Waals surface area contributed by atoms with Crippen molar-refractivity contribution in [3.63, 3.8) is 0 Å². The molecule has 0 aliphatic carbocycles. The van der Waals surface area contributed by atoms with Crippen molar-refractivity contribution in [2.45, 2.75) is 12.6 Å². The molecule has 1 heterocycles. The minimum atomic E-state index is -3.59. The first-order chi connectivity index (χ1) is 17.1. The molecular weight excluding hydrogens is 504 g/mol. The second kappa shape index (κ2) is 13.2. The quantitative estimate of drug-likeness (QED) is 0.470. The number of carbonyl (C=O) groups is 2. The van der Waals surface area contributed by atoms with Gasteiger partial charge in [-0.05, 0) is 23.3 Å². The van der Waals surface area contributed by atoms with Crippen molar-refractivity contribution in [1.82, 2.24) is 19.4 Å². The van der Waals surface area contributed by atoms with Gasteiger partial charge in [-0.25, -0.2) is 8.42 Å². The number of rotatable bonds is 11. The summed E-state index contributed by atoms with van der Waals surface area (Å²) in [5.41, 5.74) is 1.39. The van der Waals surface area contributed by atoms with Crippen molar-refractivity contribution in [2.24, 2.45) is 0 Å². The van der Waals surface area contributed by atoms with Gasteiger partial charge in [0.05, 0.1) is 26.0 Å². The van der Waals surface area contributed by atoms with Crippen LogP contribution in [0.1, 0.15) is 17.2 Å². The van der Waals surface area contributed by atoms with Crippen LogP contribution in [0, 0.1) is 0 Å². The Balaban J connectivity index is 1.87. The number of hydrogen-bond donors (Lipinski definition) is 1. The summed E-state index contributed by atoms with van der Waals surface area (Å²) in [4.78, 5) is 30.7. The van der Waals surface area contributed by atoms with Crippen LogP contribution in [0.15, 0.2) is 54.6 Å². The third-order valence-corrected chi connectivity index (χ3v) is 7.53. The molecule has 1 N–H and O–H groups in total. The zero-order chi connectivity index (χ0) is 26.1. The molecule has 0 saturated carbocycles. The van der Waals surface area contributed by atoms with E-state index in [4.69, 9.17) is 16.3 Å². The predicted octanol–water partition coefficient (Wildman–Crippen LogP) is 1.75. The Hall–Kier alpha value is -2.50. The maximum absolute atomic E-state index is 13.6. The van der Waals surface area contributed by atoms with Gasteiger partial charge in [0.25, 0.3) is 0 Å². The molecule has 11 heteroatoms. The molecule has 1 saturated heterocycles. The fourth-order valence-electron chi connectivity index (χ4n) is 3.88. The lowest BCUT2D eigenvalue weighted by atomic mass is 10.0. The molecule has 1 aliphatic heterocycles. The Morgan fingerprint density at radius 3 is 2.33 bits per heavy atom. The van der Waals surface area contributed by atoms with Gasteiger partial charge >= 0.3 is 0 Å². The van der Waals surface area contributed by atoms with Gasteiger partial charge in [0.2, 0.25) is 21.8 Å². The van der Waals surface area contributed by atoms with Crippen LogP contribution < -0.4 is 5.32 Å². The van der Waals surface area contributed by atoms with E-state index in [2.05, 4.69) is 10.2 Å². The molecule has 1 aliphatic rings. The minimum Gasteiger partial charge on any atom is -0.379 e. The van der Waals surface area contributed by atoms with Crippen molar-refractivity contribution >= 4 is 33.4 Å². The molecule has 2 amide bonds. The predicted molar refractivity (Wildman–Crippen MR) is 139 cm³/mol. The van der Waals surface area contributed by atoms with E-state index in [1.165, 1.54) is 11.9 Å². The molecule has 9 nitrogen and oxygen atoms in total. The number of likely N-dealkylation sites (N-methyl/N-ethyl adjacent to an activating group) is 1. The summed E-state index contributed by atoms with van der Waals surface area (Å²) >= 11 is 6.03. The smallest absolute Gasteiger partial charge is 0.247 e. The van der Waals surface area contributed by atoms with E-state index >= 15 is 0 Å². The first-order valence-corrected chi connectivity index (χ1v) is 14.0. The summed E-state index contributed by atoms with van der Waals surface area (Å²) < 4.78 is 30.3. The summed E-state index contributed by atoms with van der Waals surface area (Å²) in [6.07, 6.45) is 1.04. The third-order valence-electron chi connectivity index (χ3n) is 6.02. The Morgan fingerprint density at radius 1 is 1.08 bits per heavy atom. The number of hydrogen-bond acceptors (Lipinski definition) is 6. The normalized spacial score (nSPS) is 15.4. The lowest BCUT2D eigenvalue weighted by Crippen LogP contribution is -2.48. The highest BCUT2D eigenvalue weighted by atomic mass is 35.5. The summed E-state index contributed by atoms with van der Waals surface area (Å²) in [6.45, 7) is 3.72. The number of benzene rings is 2. The second-order valence-corrected chi connectivity index (χ2v) is 11.3. The summed E-state index contributed by atoms with van der Waals surface area (Å²) in [7, 11) is -2.25. The van der Waals surface area contributed by atoms with Crippen LogP contribution in [0.3, 0.4) is 0 Å². The maximum atomic E-state index is 13.6. The van der Waals surface area contributed by atoms with Crippen molar-refractivity contribution in [3.8, 4) is 0 Å². The molecule has 1 unspecified atom stereocenters.